The molecule has 0 bridgehead atoms. The van der Waals surface area contributed by atoms with Crippen molar-refractivity contribution in [3.05, 3.63) is 51.7 Å². The maximum atomic E-state index is 5.93. The maximum Gasteiger partial charge on any atom is 0.124 e. The van der Waals surface area contributed by atoms with Crippen molar-refractivity contribution in [3.63, 3.8) is 0 Å². The molecule has 0 atom stereocenters. The first-order chi connectivity index (χ1) is 9.29. The summed E-state index contributed by atoms with van der Waals surface area (Å²) in [7, 11) is 0. The van der Waals surface area contributed by atoms with E-state index in [4.69, 9.17) is 4.74 Å². The molecular formula is C16H21NOS. The first-order valence-electron chi connectivity index (χ1n) is 6.73. The van der Waals surface area contributed by atoms with Gasteiger partial charge >= 0.3 is 0 Å². The molecular weight excluding hydrogens is 254 g/mol. The quantitative estimate of drug-likeness (QED) is 0.767. The molecule has 0 unspecified atom stereocenters. The van der Waals surface area contributed by atoms with E-state index < -0.39 is 0 Å². The molecule has 19 heavy (non-hydrogen) atoms. The number of rotatable bonds is 7. The Kier molecular flexibility index (Phi) is 5.43. The molecule has 3 heteroatoms. The normalized spacial score (nSPS) is 10.6. The zero-order chi connectivity index (χ0) is 13.5. The fraction of sp³-hybridized carbons (Fsp3) is 0.375. The van der Waals surface area contributed by atoms with Crippen LogP contribution >= 0.6 is 11.3 Å². The van der Waals surface area contributed by atoms with Gasteiger partial charge in [0.05, 0.1) is 0 Å². The third-order valence-electron chi connectivity index (χ3n) is 2.93. The Hall–Kier alpha value is -1.32. The Bertz CT molecular complexity index is 493. The largest absolute Gasteiger partial charge is 0.489 e. The predicted octanol–water partition coefficient (Wildman–Crippen LogP) is 4.14. The van der Waals surface area contributed by atoms with Gasteiger partial charge in [-0.25, -0.2) is 0 Å². The minimum Gasteiger partial charge on any atom is -0.489 e. The van der Waals surface area contributed by atoms with Crippen LogP contribution in [0.25, 0.3) is 0 Å². The van der Waals surface area contributed by atoms with Gasteiger partial charge in [-0.3, -0.25) is 0 Å². The molecule has 2 nitrogen and oxygen atoms in total. The summed E-state index contributed by atoms with van der Waals surface area (Å²) in [5.41, 5.74) is 3.75. The molecule has 1 N–H and O–H groups in total. The summed E-state index contributed by atoms with van der Waals surface area (Å²) in [6, 6.07) is 8.48. The Morgan fingerprint density at radius 3 is 2.89 bits per heavy atom. The summed E-state index contributed by atoms with van der Waals surface area (Å²) in [5.74, 6) is 0.986. The second-order valence-electron chi connectivity index (χ2n) is 4.71. The Labute approximate surface area is 119 Å². The van der Waals surface area contributed by atoms with Crippen LogP contribution in [-0.4, -0.2) is 6.54 Å². The lowest BCUT2D eigenvalue weighted by Crippen LogP contribution is -2.14. The van der Waals surface area contributed by atoms with E-state index in [1.165, 1.54) is 16.7 Å². The van der Waals surface area contributed by atoms with E-state index in [9.17, 15) is 0 Å². The number of aryl methyl sites for hydroxylation is 1. The third-order valence-corrected chi connectivity index (χ3v) is 3.66. The lowest BCUT2D eigenvalue weighted by Gasteiger charge is -2.12. The number of nitrogens with one attached hydrogen (secondary N) is 1. The summed E-state index contributed by atoms with van der Waals surface area (Å²) >= 11 is 1.71. The monoisotopic (exact) mass is 275 g/mol. The van der Waals surface area contributed by atoms with Gasteiger partial charge in [0.2, 0.25) is 0 Å². The second-order valence-corrected chi connectivity index (χ2v) is 5.49. The summed E-state index contributed by atoms with van der Waals surface area (Å²) in [5, 5.41) is 7.64. The van der Waals surface area contributed by atoms with Crippen LogP contribution in [0.4, 0.5) is 0 Å². The minimum absolute atomic E-state index is 0.646. The van der Waals surface area contributed by atoms with Crippen LogP contribution in [-0.2, 0) is 13.2 Å². The van der Waals surface area contributed by atoms with Gasteiger partial charge < -0.3 is 10.1 Å². The lowest BCUT2D eigenvalue weighted by molar-refractivity contribution is 0.302. The SMILES string of the molecule is CCCNCc1cc(C)ccc1OCc1ccsc1. The van der Waals surface area contributed by atoms with Gasteiger partial charge in [0.1, 0.15) is 12.4 Å². The van der Waals surface area contributed by atoms with Gasteiger partial charge in [-0.1, -0.05) is 24.6 Å². The van der Waals surface area contributed by atoms with Crippen LogP contribution in [0.1, 0.15) is 30.0 Å². The molecule has 0 aliphatic rings. The van der Waals surface area contributed by atoms with Crippen molar-refractivity contribution in [2.24, 2.45) is 0 Å². The highest BCUT2D eigenvalue weighted by Gasteiger charge is 2.04. The molecule has 0 saturated heterocycles. The summed E-state index contributed by atoms with van der Waals surface area (Å²) in [6.07, 6.45) is 1.15. The average Bonchev–Trinajstić information content (AvgIpc) is 2.91. The molecule has 0 saturated carbocycles. The molecule has 2 aromatic rings. The second kappa shape index (κ2) is 7.31. The van der Waals surface area contributed by atoms with Gasteiger partial charge in [-0.2, -0.15) is 11.3 Å². The summed E-state index contributed by atoms with van der Waals surface area (Å²) in [6.45, 7) is 6.85. The number of hydrogen-bond acceptors (Lipinski definition) is 3. The Morgan fingerprint density at radius 1 is 1.26 bits per heavy atom. The van der Waals surface area contributed by atoms with E-state index in [0.717, 1.165) is 25.3 Å². The van der Waals surface area contributed by atoms with Gasteiger partial charge in [-0.15, -0.1) is 0 Å². The van der Waals surface area contributed by atoms with Crippen LogP contribution < -0.4 is 10.1 Å². The van der Waals surface area contributed by atoms with Gasteiger partial charge in [-0.05, 0) is 48.3 Å². The molecule has 0 amide bonds. The van der Waals surface area contributed by atoms with Crippen LogP contribution in [0, 0.1) is 6.92 Å². The van der Waals surface area contributed by atoms with E-state index >= 15 is 0 Å². The van der Waals surface area contributed by atoms with Gasteiger partial charge in [0.25, 0.3) is 0 Å². The first-order valence-corrected chi connectivity index (χ1v) is 7.68. The van der Waals surface area contributed by atoms with Crippen molar-refractivity contribution in [2.45, 2.75) is 33.4 Å². The molecule has 0 fully saturated rings. The molecule has 2 rings (SSSR count). The van der Waals surface area contributed by atoms with Crippen LogP contribution in [0.3, 0.4) is 0 Å². The van der Waals surface area contributed by atoms with Crippen molar-refractivity contribution < 1.29 is 4.74 Å². The molecule has 1 heterocycles. The van der Waals surface area contributed by atoms with Gasteiger partial charge in [0.15, 0.2) is 0 Å². The zero-order valence-electron chi connectivity index (χ0n) is 11.6. The minimum atomic E-state index is 0.646. The fourth-order valence-corrected chi connectivity index (χ4v) is 2.58. The Morgan fingerprint density at radius 2 is 2.16 bits per heavy atom. The zero-order valence-corrected chi connectivity index (χ0v) is 12.4. The highest BCUT2D eigenvalue weighted by Crippen LogP contribution is 2.21. The fourth-order valence-electron chi connectivity index (χ4n) is 1.92. The number of benzene rings is 1. The van der Waals surface area contributed by atoms with Gasteiger partial charge in [0, 0.05) is 12.1 Å². The molecule has 0 aliphatic carbocycles. The average molecular weight is 275 g/mol. The maximum absolute atomic E-state index is 5.93. The van der Waals surface area contributed by atoms with Crippen molar-refractivity contribution in [2.75, 3.05) is 6.54 Å². The van der Waals surface area contributed by atoms with E-state index in [2.05, 4.69) is 54.2 Å². The molecule has 0 spiro atoms. The summed E-state index contributed by atoms with van der Waals surface area (Å²) < 4.78 is 5.93. The topological polar surface area (TPSA) is 21.3 Å². The first kappa shape index (κ1) is 14.1. The van der Waals surface area contributed by atoms with E-state index in [1.54, 1.807) is 11.3 Å². The number of ether oxygens (including phenoxy) is 1. The molecule has 0 radical (unpaired) electrons. The highest BCUT2D eigenvalue weighted by molar-refractivity contribution is 7.07. The molecule has 102 valence electrons. The highest BCUT2D eigenvalue weighted by atomic mass is 32.1. The van der Waals surface area contributed by atoms with Crippen LogP contribution in [0.15, 0.2) is 35.0 Å². The molecule has 1 aromatic heterocycles. The smallest absolute Gasteiger partial charge is 0.124 e. The molecule has 1 aromatic carbocycles. The summed E-state index contributed by atoms with van der Waals surface area (Å²) in [4.78, 5) is 0. The third kappa shape index (κ3) is 4.37. The van der Waals surface area contributed by atoms with Crippen molar-refractivity contribution in [1.82, 2.24) is 5.32 Å². The van der Waals surface area contributed by atoms with Crippen molar-refractivity contribution in [1.29, 1.82) is 0 Å². The van der Waals surface area contributed by atoms with Crippen LogP contribution in [0.2, 0.25) is 0 Å². The number of hydrogen-bond donors (Lipinski definition) is 1. The van der Waals surface area contributed by atoms with E-state index in [1.807, 2.05) is 0 Å². The van der Waals surface area contributed by atoms with E-state index in [-0.39, 0.29) is 0 Å². The van der Waals surface area contributed by atoms with Crippen LogP contribution in [0.5, 0.6) is 5.75 Å². The Balaban J connectivity index is 2.01. The van der Waals surface area contributed by atoms with E-state index in [0.29, 0.717) is 6.61 Å². The number of thiophene rings is 1. The van der Waals surface area contributed by atoms with Crippen molar-refractivity contribution >= 4 is 11.3 Å². The molecule has 0 aliphatic heterocycles. The lowest BCUT2D eigenvalue weighted by atomic mass is 10.1. The standard InChI is InChI=1S/C16H21NOS/c1-3-7-17-10-15-9-13(2)4-5-16(15)18-11-14-6-8-19-12-14/h4-6,8-9,12,17H,3,7,10-11H2,1-2H3. The van der Waals surface area contributed by atoms with Crippen molar-refractivity contribution in [3.8, 4) is 5.75 Å². The predicted molar refractivity (Wildman–Crippen MR) is 81.8 cm³/mol.